The van der Waals surface area contributed by atoms with Gasteiger partial charge in [-0.3, -0.25) is 9.59 Å². The number of benzene rings is 3. The summed E-state index contributed by atoms with van der Waals surface area (Å²) < 4.78 is 0. The SMILES string of the molecule is CCc1ccc(CCC(=O)N(Cc2cccc(C)c2)[C@H](Cc2ccccc2)C(=O)NC2CCCCC2)cc1. The zero-order valence-electron chi connectivity index (χ0n) is 23.0. The first-order valence-electron chi connectivity index (χ1n) is 14.3. The Bertz CT molecular complexity index is 1170. The van der Waals surface area contributed by atoms with Gasteiger partial charge in [0.2, 0.25) is 11.8 Å². The van der Waals surface area contributed by atoms with Crippen LogP contribution in [0, 0.1) is 6.92 Å². The average Bonchev–Trinajstić information content (AvgIpc) is 2.95. The average molecular weight is 511 g/mol. The molecule has 1 N–H and O–H groups in total. The van der Waals surface area contributed by atoms with Crippen LogP contribution in [0.2, 0.25) is 0 Å². The van der Waals surface area contributed by atoms with Crippen molar-refractivity contribution in [2.45, 2.75) is 90.3 Å². The molecule has 0 heterocycles. The summed E-state index contributed by atoms with van der Waals surface area (Å²) in [4.78, 5) is 29.6. The Morgan fingerprint density at radius 2 is 1.53 bits per heavy atom. The van der Waals surface area contributed by atoms with Crippen molar-refractivity contribution in [2.75, 3.05) is 0 Å². The van der Waals surface area contributed by atoms with Crippen LogP contribution in [0.15, 0.2) is 78.9 Å². The molecule has 38 heavy (non-hydrogen) atoms. The number of hydrogen-bond acceptors (Lipinski definition) is 2. The second-order valence-corrected chi connectivity index (χ2v) is 10.7. The largest absolute Gasteiger partial charge is 0.352 e. The second kappa shape index (κ2) is 13.9. The van der Waals surface area contributed by atoms with Crippen molar-refractivity contribution in [2.24, 2.45) is 0 Å². The molecule has 1 aliphatic rings. The summed E-state index contributed by atoms with van der Waals surface area (Å²) in [6, 6.07) is 26.5. The normalized spacial score (nSPS) is 14.6. The molecule has 4 heteroatoms. The van der Waals surface area contributed by atoms with Gasteiger partial charge in [-0.2, -0.15) is 0 Å². The van der Waals surface area contributed by atoms with Crippen LogP contribution in [0.5, 0.6) is 0 Å². The summed E-state index contributed by atoms with van der Waals surface area (Å²) in [5.41, 5.74) is 5.71. The van der Waals surface area contributed by atoms with Gasteiger partial charge in [-0.1, -0.05) is 111 Å². The van der Waals surface area contributed by atoms with Gasteiger partial charge < -0.3 is 10.2 Å². The molecule has 4 rings (SSSR count). The molecule has 0 spiro atoms. The van der Waals surface area contributed by atoms with Crippen molar-refractivity contribution < 1.29 is 9.59 Å². The van der Waals surface area contributed by atoms with E-state index in [2.05, 4.69) is 61.6 Å². The first kappa shape index (κ1) is 27.6. The third-order valence-electron chi connectivity index (χ3n) is 7.72. The minimum absolute atomic E-state index is 0.0193. The third kappa shape index (κ3) is 8.05. The van der Waals surface area contributed by atoms with Gasteiger partial charge in [-0.25, -0.2) is 0 Å². The summed E-state index contributed by atoms with van der Waals surface area (Å²) in [7, 11) is 0. The van der Waals surface area contributed by atoms with Crippen LogP contribution >= 0.6 is 0 Å². The summed E-state index contributed by atoms with van der Waals surface area (Å²) in [5, 5.41) is 3.33. The number of rotatable bonds is 11. The van der Waals surface area contributed by atoms with E-state index in [1.807, 2.05) is 41.3 Å². The van der Waals surface area contributed by atoms with Crippen molar-refractivity contribution in [1.82, 2.24) is 10.2 Å². The van der Waals surface area contributed by atoms with Crippen LogP contribution in [0.25, 0.3) is 0 Å². The van der Waals surface area contributed by atoms with E-state index in [1.54, 1.807) is 0 Å². The Labute approximate surface area is 228 Å². The van der Waals surface area contributed by atoms with Gasteiger partial charge in [0.25, 0.3) is 0 Å². The van der Waals surface area contributed by atoms with Gasteiger partial charge >= 0.3 is 0 Å². The van der Waals surface area contributed by atoms with Crippen LogP contribution in [0.1, 0.15) is 73.3 Å². The predicted octanol–water partition coefficient (Wildman–Crippen LogP) is 6.58. The molecule has 0 radical (unpaired) electrons. The molecule has 0 aliphatic heterocycles. The standard InChI is InChI=1S/C34H42N2O2/c1-3-27-17-19-28(20-18-27)21-22-33(37)36(25-30-14-10-11-26(2)23-30)32(24-29-12-6-4-7-13-29)34(38)35-31-15-8-5-9-16-31/h4,6-7,10-14,17-20,23,31-32H,3,5,8-9,15-16,21-22,24-25H2,1-2H3,(H,35,38)/t32-/m1/s1. The van der Waals surface area contributed by atoms with E-state index in [9.17, 15) is 9.59 Å². The molecule has 3 aromatic rings. The number of nitrogens with zero attached hydrogens (tertiary/aromatic N) is 1. The highest BCUT2D eigenvalue weighted by molar-refractivity contribution is 5.88. The molecule has 0 unspecified atom stereocenters. The fourth-order valence-corrected chi connectivity index (χ4v) is 5.44. The van der Waals surface area contributed by atoms with Gasteiger partial charge in [0, 0.05) is 25.4 Å². The van der Waals surface area contributed by atoms with Crippen LogP contribution in [-0.2, 0) is 35.4 Å². The Hall–Kier alpha value is -3.40. The van der Waals surface area contributed by atoms with Crippen molar-refractivity contribution in [3.63, 3.8) is 0 Å². The highest BCUT2D eigenvalue weighted by Gasteiger charge is 2.31. The molecule has 0 bridgehead atoms. The first-order valence-corrected chi connectivity index (χ1v) is 14.3. The molecule has 1 saturated carbocycles. The summed E-state index contributed by atoms with van der Waals surface area (Å²) in [5.74, 6) is -0.0140. The molecule has 3 aromatic carbocycles. The topological polar surface area (TPSA) is 49.4 Å². The highest BCUT2D eigenvalue weighted by atomic mass is 16.2. The molecule has 0 aromatic heterocycles. The molecular weight excluding hydrogens is 468 g/mol. The van der Waals surface area contributed by atoms with Crippen LogP contribution in [-0.4, -0.2) is 28.8 Å². The van der Waals surface area contributed by atoms with E-state index in [4.69, 9.17) is 0 Å². The van der Waals surface area contributed by atoms with Gasteiger partial charge in [0.1, 0.15) is 6.04 Å². The molecule has 0 saturated heterocycles. The Morgan fingerprint density at radius 1 is 0.842 bits per heavy atom. The van der Waals surface area contributed by atoms with Crippen molar-refractivity contribution in [3.8, 4) is 0 Å². The number of hydrogen-bond donors (Lipinski definition) is 1. The maximum Gasteiger partial charge on any atom is 0.243 e. The fraction of sp³-hybridized carbons (Fsp3) is 0.412. The highest BCUT2D eigenvalue weighted by Crippen LogP contribution is 2.21. The van der Waals surface area contributed by atoms with Crippen LogP contribution < -0.4 is 5.32 Å². The third-order valence-corrected chi connectivity index (χ3v) is 7.72. The lowest BCUT2D eigenvalue weighted by Gasteiger charge is -2.33. The number of aryl methyl sites for hydroxylation is 3. The summed E-state index contributed by atoms with van der Waals surface area (Å²) in [6.45, 7) is 4.63. The van der Waals surface area contributed by atoms with E-state index < -0.39 is 6.04 Å². The predicted molar refractivity (Wildman–Crippen MR) is 155 cm³/mol. The zero-order chi connectivity index (χ0) is 26.7. The monoisotopic (exact) mass is 510 g/mol. The van der Waals surface area contributed by atoms with E-state index in [1.165, 1.54) is 12.0 Å². The maximum absolute atomic E-state index is 13.9. The van der Waals surface area contributed by atoms with Gasteiger partial charge in [0.15, 0.2) is 0 Å². The van der Waals surface area contributed by atoms with Crippen molar-refractivity contribution in [1.29, 1.82) is 0 Å². The van der Waals surface area contributed by atoms with Gasteiger partial charge in [-0.05, 0) is 54.9 Å². The summed E-state index contributed by atoms with van der Waals surface area (Å²) >= 11 is 0. The number of amides is 2. The van der Waals surface area contributed by atoms with E-state index in [-0.39, 0.29) is 17.9 Å². The van der Waals surface area contributed by atoms with Gasteiger partial charge in [-0.15, -0.1) is 0 Å². The van der Waals surface area contributed by atoms with E-state index in [0.29, 0.717) is 25.8 Å². The van der Waals surface area contributed by atoms with E-state index in [0.717, 1.165) is 54.4 Å². The summed E-state index contributed by atoms with van der Waals surface area (Å²) in [6.07, 6.45) is 8.11. The lowest BCUT2D eigenvalue weighted by Crippen LogP contribution is -2.52. The molecule has 1 fully saturated rings. The Kier molecular flexibility index (Phi) is 10.1. The molecule has 4 nitrogen and oxygen atoms in total. The van der Waals surface area contributed by atoms with Crippen LogP contribution in [0.3, 0.4) is 0 Å². The quantitative estimate of drug-likeness (QED) is 0.317. The molecular formula is C34H42N2O2. The Balaban J connectivity index is 1.59. The smallest absolute Gasteiger partial charge is 0.243 e. The second-order valence-electron chi connectivity index (χ2n) is 10.7. The first-order chi connectivity index (χ1) is 18.5. The minimum atomic E-state index is -0.560. The van der Waals surface area contributed by atoms with E-state index >= 15 is 0 Å². The fourth-order valence-electron chi connectivity index (χ4n) is 5.44. The molecule has 1 atom stereocenters. The zero-order valence-corrected chi connectivity index (χ0v) is 23.0. The number of carbonyl (C=O) groups excluding carboxylic acids is 2. The lowest BCUT2D eigenvalue weighted by atomic mass is 9.94. The maximum atomic E-state index is 13.9. The van der Waals surface area contributed by atoms with Crippen LogP contribution in [0.4, 0.5) is 0 Å². The van der Waals surface area contributed by atoms with Crippen molar-refractivity contribution in [3.05, 3.63) is 107 Å². The Morgan fingerprint density at radius 3 is 2.21 bits per heavy atom. The van der Waals surface area contributed by atoms with Gasteiger partial charge in [0.05, 0.1) is 0 Å². The lowest BCUT2D eigenvalue weighted by molar-refractivity contribution is -0.141. The molecule has 2 amide bonds. The van der Waals surface area contributed by atoms with Crippen molar-refractivity contribution >= 4 is 11.8 Å². The molecule has 1 aliphatic carbocycles. The number of nitrogens with one attached hydrogen (secondary N) is 1. The minimum Gasteiger partial charge on any atom is -0.352 e. The molecule has 200 valence electrons. The number of carbonyl (C=O) groups is 2.